The van der Waals surface area contributed by atoms with E-state index in [0.717, 1.165) is 6.92 Å². The Morgan fingerprint density at radius 2 is 1.82 bits per heavy atom. The zero-order valence-electron chi connectivity index (χ0n) is 7.06. The van der Waals surface area contributed by atoms with Crippen LogP contribution < -0.4 is 0 Å². The second-order valence-electron chi connectivity index (χ2n) is 3.04. The van der Waals surface area contributed by atoms with Crippen molar-refractivity contribution < 1.29 is 14.0 Å². The Hall–Kier alpha value is -0.730. The van der Waals surface area contributed by atoms with E-state index >= 15 is 0 Å². The number of halogens is 1. The monoisotopic (exact) mass is 160 g/mol. The third-order valence-corrected chi connectivity index (χ3v) is 1.25. The number of Topliss-reactive ketones (excluding diaryl/α,β-unsaturated/α-hetero) is 2. The quantitative estimate of drug-likeness (QED) is 0.584. The fourth-order valence-corrected chi connectivity index (χ4v) is 0.733. The average molecular weight is 160 g/mol. The molecule has 0 N–H and O–H groups in total. The average Bonchev–Trinajstić information content (AvgIpc) is 1.84. The molecule has 1 atom stereocenters. The van der Waals surface area contributed by atoms with E-state index in [0.29, 0.717) is 0 Å². The van der Waals surface area contributed by atoms with Gasteiger partial charge in [-0.2, -0.15) is 0 Å². The summed E-state index contributed by atoms with van der Waals surface area (Å²) in [6.45, 7) is 4.71. The highest BCUT2D eigenvalue weighted by atomic mass is 19.1. The van der Waals surface area contributed by atoms with Crippen molar-refractivity contribution in [2.75, 3.05) is 0 Å². The van der Waals surface area contributed by atoms with Gasteiger partial charge in [0.05, 0.1) is 0 Å². The molecule has 0 aliphatic rings. The van der Waals surface area contributed by atoms with E-state index in [9.17, 15) is 14.0 Å². The lowest BCUT2D eigenvalue weighted by Gasteiger charge is -2.04. The van der Waals surface area contributed by atoms with Gasteiger partial charge in [-0.3, -0.25) is 9.59 Å². The third-order valence-electron chi connectivity index (χ3n) is 1.25. The van der Waals surface area contributed by atoms with E-state index in [-0.39, 0.29) is 12.3 Å². The maximum absolute atomic E-state index is 12.6. The van der Waals surface area contributed by atoms with E-state index in [1.807, 2.05) is 13.8 Å². The molecule has 1 unspecified atom stereocenters. The van der Waals surface area contributed by atoms with Gasteiger partial charge in [0.2, 0.25) is 6.17 Å². The van der Waals surface area contributed by atoms with Crippen molar-refractivity contribution in [2.45, 2.75) is 33.4 Å². The number of rotatable bonds is 4. The first-order chi connectivity index (χ1) is 4.95. The summed E-state index contributed by atoms with van der Waals surface area (Å²) < 4.78 is 12.6. The van der Waals surface area contributed by atoms with Crippen LogP contribution in [0.25, 0.3) is 0 Å². The van der Waals surface area contributed by atoms with Crippen molar-refractivity contribution in [1.29, 1.82) is 0 Å². The molecule has 0 aromatic heterocycles. The number of carbonyl (C=O) groups is 2. The Bertz CT molecular complexity index is 163. The van der Waals surface area contributed by atoms with E-state index in [1.54, 1.807) is 0 Å². The highest BCUT2D eigenvalue weighted by Crippen LogP contribution is 2.06. The van der Waals surface area contributed by atoms with Crippen LogP contribution in [0.15, 0.2) is 0 Å². The van der Waals surface area contributed by atoms with Crippen molar-refractivity contribution in [3.63, 3.8) is 0 Å². The summed E-state index contributed by atoms with van der Waals surface area (Å²) >= 11 is 0. The number of hydrogen-bond donors (Lipinski definition) is 0. The Morgan fingerprint density at radius 3 is 2.09 bits per heavy atom. The number of alkyl halides is 1. The first kappa shape index (κ1) is 10.3. The zero-order valence-corrected chi connectivity index (χ0v) is 7.06. The fourth-order valence-electron chi connectivity index (χ4n) is 0.733. The second-order valence-corrected chi connectivity index (χ2v) is 3.04. The zero-order chi connectivity index (χ0) is 9.02. The molecular weight excluding hydrogens is 147 g/mol. The molecule has 0 rings (SSSR count). The standard InChI is InChI=1S/C8H13FO2/c1-5(2)4-7(11)8(9)6(3)10/h5,8H,4H2,1-3H3. The minimum atomic E-state index is -1.91. The van der Waals surface area contributed by atoms with Gasteiger partial charge in [-0.05, 0) is 12.8 Å². The third kappa shape index (κ3) is 3.86. The summed E-state index contributed by atoms with van der Waals surface area (Å²) in [5.74, 6) is -1.19. The first-order valence-corrected chi connectivity index (χ1v) is 3.62. The van der Waals surface area contributed by atoms with Crippen LogP contribution in [-0.2, 0) is 9.59 Å². The van der Waals surface area contributed by atoms with Crippen LogP contribution in [0.3, 0.4) is 0 Å². The summed E-state index contributed by atoms with van der Waals surface area (Å²) in [6, 6.07) is 0. The Labute approximate surface area is 65.8 Å². The van der Waals surface area contributed by atoms with Gasteiger partial charge in [-0.15, -0.1) is 0 Å². The van der Waals surface area contributed by atoms with Crippen molar-refractivity contribution in [3.8, 4) is 0 Å². The van der Waals surface area contributed by atoms with E-state index in [2.05, 4.69) is 0 Å². The molecule has 3 heteroatoms. The van der Waals surface area contributed by atoms with Crippen molar-refractivity contribution >= 4 is 11.6 Å². The topological polar surface area (TPSA) is 34.1 Å². The normalized spacial score (nSPS) is 13.2. The molecule has 0 aromatic carbocycles. The van der Waals surface area contributed by atoms with Gasteiger partial charge >= 0.3 is 0 Å². The molecule has 0 aliphatic carbocycles. The summed E-state index contributed by atoms with van der Waals surface area (Å²) in [4.78, 5) is 21.2. The number of carbonyl (C=O) groups excluding carboxylic acids is 2. The summed E-state index contributed by atoms with van der Waals surface area (Å²) in [5.41, 5.74) is 0. The van der Waals surface area contributed by atoms with Gasteiger partial charge in [0.15, 0.2) is 11.6 Å². The molecule has 0 amide bonds. The molecule has 0 heterocycles. The molecule has 0 aliphatic heterocycles. The summed E-state index contributed by atoms with van der Waals surface area (Å²) in [6.07, 6.45) is -1.77. The van der Waals surface area contributed by atoms with Crippen LogP contribution in [0.4, 0.5) is 4.39 Å². The predicted molar refractivity (Wildman–Crippen MR) is 40.0 cm³/mol. The van der Waals surface area contributed by atoms with Crippen molar-refractivity contribution in [2.24, 2.45) is 5.92 Å². The Kier molecular flexibility index (Phi) is 3.93. The predicted octanol–water partition coefficient (Wildman–Crippen LogP) is 1.53. The molecule has 0 bridgehead atoms. The lowest BCUT2D eigenvalue weighted by molar-refractivity contribution is -0.133. The highest BCUT2D eigenvalue weighted by Gasteiger charge is 2.22. The molecule has 11 heavy (non-hydrogen) atoms. The van der Waals surface area contributed by atoms with Crippen LogP contribution in [0.5, 0.6) is 0 Å². The maximum Gasteiger partial charge on any atom is 0.215 e. The fraction of sp³-hybridized carbons (Fsp3) is 0.750. The van der Waals surface area contributed by atoms with E-state index in [1.165, 1.54) is 0 Å². The minimum absolute atomic E-state index is 0.111. The lowest BCUT2D eigenvalue weighted by Crippen LogP contribution is -2.24. The smallest absolute Gasteiger partial charge is 0.215 e. The number of hydrogen-bond acceptors (Lipinski definition) is 2. The molecule has 0 radical (unpaired) electrons. The molecule has 0 saturated carbocycles. The minimum Gasteiger partial charge on any atom is -0.296 e. The second kappa shape index (κ2) is 4.21. The molecule has 2 nitrogen and oxygen atoms in total. The SMILES string of the molecule is CC(=O)C(F)C(=O)CC(C)C. The highest BCUT2D eigenvalue weighted by molar-refractivity contribution is 6.04. The molecular formula is C8H13FO2. The van der Waals surface area contributed by atoms with Crippen LogP contribution in [-0.4, -0.2) is 17.7 Å². The van der Waals surface area contributed by atoms with Gasteiger partial charge in [0, 0.05) is 6.42 Å². The summed E-state index contributed by atoms with van der Waals surface area (Å²) in [7, 11) is 0. The lowest BCUT2D eigenvalue weighted by atomic mass is 10.0. The Balaban J connectivity index is 3.93. The van der Waals surface area contributed by atoms with E-state index < -0.39 is 17.7 Å². The van der Waals surface area contributed by atoms with Gasteiger partial charge < -0.3 is 0 Å². The molecule has 0 aromatic rings. The summed E-state index contributed by atoms with van der Waals surface area (Å²) in [5, 5.41) is 0. The van der Waals surface area contributed by atoms with Crippen LogP contribution in [0.2, 0.25) is 0 Å². The maximum atomic E-state index is 12.6. The molecule has 0 saturated heterocycles. The first-order valence-electron chi connectivity index (χ1n) is 3.62. The van der Waals surface area contributed by atoms with Crippen molar-refractivity contribution in [3.05, 3.63) is 0 Å². The van der Waals surface area contributed by atoms with Gasteiger partial charge in [-0.25, -0.2) is 4.39 Å². The van der Waals surface area contributed by atoms with Gasteiger partial charge in [0.1, 0.15) is 0 Å². The van der Waals surface area contributed by atoms with Crippen molar-refractivity contribution in [1.82, 2.24) is 0 Å². The molecule has 0 fully saturated rings. The molecule has 0 spiro atoms. The van der Waals surface area contributed by atoms with Crippen LogP contribution in [0, 0.1) is 5.92 Å². The van der Waals surface area contributed by atoms with Crippen LogP contribution >= 0.6 is 0 Å². The van der Waals surface area contributed by atoms with Gasteiger partial charge in [-0.1, -0.05) is 13.8 Å². The molecule has 64 valence electrons. The largest absolute Gasteiger partial charge is 0.296 e. The van der Waals surface area contributed by atoms with E-state index in [4.69, 9.17) is 0 Å². The van der Waals surface area contributed by atoms with Gasteiger partial charge in [0.25, 0.3) is 0 Å². The van der Waals surface area contributed by atoms with Crippen LogP contribution in [0.1, 0.15) is 27.2 Å². The Morgan fingerprint density at radius 1 is 1.36 bits per heavy atom. The number of ketones is 2.